The van der Waals surface area contributed by atoms with Crippen LogP contribution < -0.4 is 11.1 Å². The summed E-state index contributed by atoms with van der Waals surface area (Å²) in [6.45, 7) is 7.90. The number of para-hydroxylation sites is 1. The summed E-state index contributed by atoms with van der Waals surface area (Å²) < 4.78 is 5.49. The summed E-state index contributed by atoms with van der Waals surface area (Å²) in [7, 11) is 0. The third-order valence-corrected chi connectivity index (χ3v) is 4.32. The molecule has 0 radical (unpaired) electrons. The van der Waals surface area contributed by atoms with Crippen molar-refractivity contribution in [2.45, 2.75) is 39.0 Å². The molecule has 0 unspecified atom stereocenters. The molecule has 1 aromatic heterocycles. The quantitative estimate of drug-likeness (QED) is 0.789. The summed E-state index contributed by atoms with van der Waals surface area (Å²) in [6.07, 6.45) is 0. The van der Waals surface area contributed by atoms with Crippen LogP contribution in [0.15, 0.2) is 27.8 Å². The number of aryl methyl sites for hydroxylation is 2. The second-order valence-corrected chi connectivity index (χ2v) is 6.71. The van der Waals surface area contributed by atoms with E-state index in [1.54, 1.807) is 0 Å². The number of anilines is 1. The van der Waals surface area contributed by atoms with Crippen molar-refractivity contribution >= 4 is 23.4 Å². The molecule has 0 bridgehead atoms. The zero-order valence-corrected chi connectivity index (χ0v) is 14.6. The lowest BCUT2D eigenvalue weighted by Crippen LogP contribution is -2.17. The van der Waals surface area contributed by atoms with Crippen molar-refractivity contribution in [1.29, 1.82) is 0 Å². The highest BCUT2D eigenvalue weighted by atomic mass is 32.2. The Labute approximate surface area is 140 Å². The first-order chi connectivity index (χ1) is 10.9. The number of nitrogens with zero attached hydrogens (tertiary/aromatic N) is 2. The molecule has 0 spiro atoms. The highest BCUT2D eigenvalue weighted by Crippen LogP contribution is 2.23. The SMILES string of the molecule is Cc1cccc(C)c1NC(=O)CSc1nnc([C@@H](N)C(C)C)o1. The van der Waals surface area contributed by atoms with Gasteiger partial charge < -0.3 is 15.5 Å². The molecule has 0 saturated carbocycles. The second-order valence-electron chi connectivity index (χ2n) is 5.78. The van der Waals surface area contributed by atoms with Gasteiger partial charge in [-0.05, 0) is 30.9 Å². The Bertz CT molecular complexity index is 664. The maximum absolute atomic E-state index is 12.1. The highest BCUT2D eigenvalue weighted by Gasteiger charge is 2.18. The Kier molecular flexibility index (Phi) is 5.79. The van der Waals surface area contributed by atoms with Gasteiger partial charge in [0.25, 0.3) is 5.22 Å². The topological polar surface area (TPSA) is 94.0 Å². The fourth-order valence-electron chi connectivity index (χ4n) is 2.01. The predicted molar refractivity (Wildman–Crippen MR) is 91.3 cm³/mol. The number of carbonyl (C=O) groups is 1. The molecule has 1 atom stereocenters. The molecule has 0 aliphatic carbocycles. The van der Waals surface area contributed by atoms with Gasteiger partial charge in [-0.2, -0.15) is 0 Å². The monoisotopic (exact) mass is 334 g/mol. The minimum atomic E-state index is -0.291. The fraction of sp³-hybridized carbons (Fsp3) is 0.438. The first kappa shape index (κ1) is 17.5. The summed E-state index contributed by atoms with van der Waals surface area (Å²) in [5, 5.41) is 11.1. The second kappa shape index (κ2) is 7.61. The molecule has 3 N–H and O–H groups in total. The van der Waals surface area contributed by atoms with Crippen LogP contribution in [-0.4, -0.2) is 21.9 Å². The number of amides is 1. The molecular weight excluding hydrogens is 312 g/mol. The molecule has 0 saturated heterocycles. The standard InChI is InChI=1S/C16H22N4O2S/c1-9(2)13(17)15-19-20-16(22-15)23-8-12(21)18-14-10(3)6-5-7-11(14)4/h5-7,9,13H,8,17H2,1-4H3,(H,18,21)/t13-/m0/s1. The zero-order chi connectivity index (χ0) is 17.0. The number of hydrogen-bond acceptors (Lipinski definition) is 6. The molecule has 1 aromatic carbocycles. The molecule has 7 heteroatoms. The summed E-state index contributed by atoms with van der Waals surface area (Å²) in [6, 6.07) is 5.61. The van der Waals surface area contributed by atoms with Crippen LogP contribution in [0.5, 0.6) is 0 Å². The summed E-state index contributed by atoms with van der Waals surface area (Å²) in [5.41, 5.74) is 8.88. The molecule has 2 rings (SSSR count). The van der Waals surface area contributed by atoms with E-state index in [-0.39, 0.29) is 23.6 Å². The van der Waals surface area contributed by atoms with Crippen LogP contribution in [0.3, 0.4) is 0 Å². The van der Waals surface area contributed by atoms with E-state index in [0.29, 0.717) is 11.1 Å². The summed E-state index contributed by atoms with van der Waals surface area (Å²) >= 11 is 1.20. The maximum atomic E-state index is 12.1. The fourth-order valence-corrected chi connectivity index (χ4v) is 2.58. The number of hydrogen-bond donors (Lipinski definition) is 2. The van der Waals surface area contributed by atoms with E-state index in [9.17, 15) is 4.79 Å². The van der Waals surface area contributed by atoms with E-state index in [4.69, 9.17) is 10.2 Å². The Morgan fingerprint density at radius 2 is 1.96 bits per heavy atom. The van der Waals surface area contributed by atoms with E-state index in [2.05, 4.69) is 15.5 Å². The maximum Gasteiger partial charge on any atom is 0.277 e. The minimum absolute atomic E-state index is 0.111. The van der Waals surface area contributed by atoms with Crippen LogP contribution in [0.4, 0.5) is 5.69 Å². The number of carbonyl (C=O) groups excluding carboxylic acids is 1. The molecule has 2 aromatic rings. The Balaban J connectivity index is 1.92. The largest absolute Gasteiger partial charge is 0.414 e. The average Bonchev–Trinajstić information content (AvgIpc) is 2.97. The van der Waals surface area contributed by atoms with E-state index in [1.165, 1.54) is 11.8 Å². The minimum Gasteiger partial charge on any atom is -0.414 e. The molecule has 124 valence electrons. The van der Waals surface area contributed by atoms with E-state index in [0.717, 1.165) is 16.8 Å². The number of nitrogens with one attached hydrogen (secondary N) is 1. The van der Waals surface area contributed by atoms with Crippen LogP contribution >= 0.6 is 11.8 Å². The molecule has 6 nitrogen and oxygen atoms in total. The number of aromatic nitrogens is 2. The van der Waals surface area contributed by atoms with Crippen molar-refractivity contribution in [2.24, 2.45) is 11.7 Å². The van der Waals surface area contributed by atoms with Gasteiger partial charge in [0.15, 0.2) is 0 Å². The van der Waals surface area contributed by atoms with Crippen LogP contribution in [0.2, 0.25) is 0 Å². The third-order valence-electron chi connectivity index (χ3n) is 3.50. The predicted octanol–water partition coefficient (Wildman–Crippen LogP) is 3.07. The normalized spacial score (nSPS) is 12.4. The van der Waals surface area contributed by atoms with E-state index < -0.39 is 0 Å². The number of rotatable bonds is 6. The molecule has 0 aliphatic heterocycles. The molecule has 0 fully saturated rings. The number of nitrogens with two attached hydrogens (primary N) is 1. The van der Waals surface area contributed by atoms with E-state index >= 15 is 0 Å². The van der Waals surface area contributed by atoms with Crippen molar-refractivity contribution in [1.82, 2.24) is 10.2 Å². The first-order valence-corrected chi connectivity index (χ1v) is 8.45. The van der Waals surface area contributed by atoms with Crippen molar-refractivity contribution in [3.63, 3.8) is 0 Å². The third kappa shape index (κ3) is 4.56. The van der Waals surface area contributed by atoms with Gasteiger partial charge in [0.05, 0.1) is 11.8 Å². The van der Waals surface area contributed by atoms with Gasteiger partial charge in [-0.15, -0.1) is 10.2 Å². The number of thioether (sulfide) groups is 1. The Morgan fingerprint density at radius 3 is 2.57 bits per heavy atom. The zero-order valence-electron chi connectivity index (χ0n) is 13.8. The highest BCUT2D eigenvalue weighted by molar-refractivity contribution is 7.99. The van der Waals surface area contributed by atoms with Crippen molar-refractivity contribution in [2.75, 3.05) is 11.1 Å². The summed E-state index contributed by atoms with van der Waals surface area (Å²) in [5.74, 6) is 0.699. The van der Waals surface area contributed by atoms with Gasteiger partial charge in [0.1, 0.15) is 0 Å². The van der Waals surface area contributed by atoms with Gasteiger partial charge in [-0.25, -0.2) is 0 Å². The lowest BCUT2D eigenvalue weighted by atomic mass is 10.1. The van der Waals surface area contributed by atoms with Crippen LogP contribution in [-0.2, 0) is 4.79 Å². The molecule has 23 heavy (non-hydrogen) atoms. The molecule has 1 heterocycles. The average molecular weight is 334 g/mol. The lowest BCUT2D eigenvalue weighted by Gasteiger charge is -2.10. The molecular formula is C16H22N4O2S. The molecule has 1 amide bonds. The van der Waals surface area contributed by atoms with Crippen LogP contribution in [0.1, 0.15) is 36.9 Å². The van der Waals surface area contributed by atoms with Crippen molar-refractivity contribution < 1.29 is 9.21 Å². The Hall–Kier alpha value is -1.86. The first-order valence-electron chi connectivity index (χ1n) is 7.46. The lowest BCUT2D eigenvalue weighted by molar-refractivity contribution is -0.113. The van der Waals surface area contributed by atoms with Crippen molar-refractivity contribution in [3.8, 4) is 0 Å². The Morgan fingerprint density at radius 1 is 1.30 bits per heavy atom. The van der Waals surface area contributed by atoms with Crippen LogP contribution in [0, 0.1) is 19.8 Å². The summed E-state index contributed by atoms with van der Waals surface area (Å²) in [4.78, 5) is 12.1. The molecule has 0 aliphatic rings. The van der Waals surface area contributed by atoms with Gasteiger partial charge in [-0.1, -0.05) is 43.8 Å². The van der Waals surface area contributed by atoms with Gasteiger partial charge in [0, 0.05) is 5.69 Å². The smallest absolute Gasteiger partial charge is 0.277 e. The van der Waals surface area contributed by atoms with E-state index in [1.807, 2.05) is 45.9 Å². The van der Waals surface area contributed by atoms with Crippen LogP contribution in [0.25, 0.3) is 0 Å². The number of benzene rings is 1. The van der Waals surface area contributed by atoms with Gasteiger partial charge in [-0.3, -0.25) is 4.79 Å². The van der Waals surface area contributed by atoms with Gasteiger partial charge >= 0.3 is 0 Å². The van der Waals surface area contributed by atoms with Gasteiger partial charge in [0.2, 0.25) is 11.8 Å². The van der Waals surface area contributed by atoms with Crippen molar-refractivity contribution in [3.05, 3.63) is 35.2 Å².